The van der Waals surface area contributed by atoms with Crippen molar-refractivity contribution in [2.45, 2.75) is 13.8 Å². The predicted octanol–water partition coefficient (Wildman–Crippen LogP) is 1.77. The number of nitriles is 1. The fraction of sp³-hybridized carbons (Fsp3) is 0.462. The van der Waals surface area contributed by atoms with Crippen LogP contribution in [0.25, 0.3) is 0 Å². The van der Waals surface area contributed by atoms with Gasteiger partial charge < -0.3 is 9.47 Å². The normalized spacial score (nSPS) is 10.8. The Labute approximate surface area is 113 Å². The fourth-order valence-corrected chi connectivity index (χ4v) is 2.01. The lowest BCUT2D eigenvalue weighted by Gasteiger charge is -2.11. The Balaban J connectivity index is 2.75. The number of rotatable bonds is 7. The molecule has 19 heavy (non-hydrogen) atoms. The molecule has 104 valence electrons. The van der Waals surface area contributed by atoms with Crippen LogP contribution in [0, 0.1) is 11.3 Å². The van der Waals surface area contributed by atoms with Gasteiger partial charge in [0, 0.05) is 11.8 Å². The van der Waals surface area contributed by atoms with Gasteiger partial charge in [-0.2, -0.15) is 5.26 Å². The van der Waals surface area contributed by atoms with Gasteiger partial charge in [0.1, 0.15) is 6.61 Å². The van der Waals surface area contributed by atoms with E-state index in [1.54, 1.807) is 25.1 Å². The Bertz CT molecular complexity index is 560. The predicted molar refractivity (Wildman–Crippen MR) is 72.1 cm³/mol. The molecule has 0 atom stereocenters. The van der Waals surface area contributed by atoms with Crippen LogP contribution in [0.4, 0.5) is 0 Å². The van der Waals surface area contributed by atoms with Gasteiger partial charge in [-0.05, 0) is 19.1 Å². The summed E-state index contributed by atoms with van der Waals surface area (Å²) >= 11 is 0. The largest absolute Gasteiger partial charge is 0.490 e. The standard InChI is InChI=1S/C13H17NO4S/c1-3-17-13-9-11(10-14)5-6-12(13)18-7-8-19(15,16)4-2/h5-6,9H,3-4,7-8H2,1-2H3. The van der Waals surface area contributed by atoms with Crippen molar-refractivity contribution < 1.29 is 17.9 Å². The maximum Gasteiger partial charge on any atom is 0.162 e. The summed E-state index contributed by atoms with van der Waals surface area (Å²) in [5, 5.41) is 8.81. The van der Waals surface area contributed by atoms with E-state index in [0.717, 1.165) is 0 Å². The van der Waals surface area contributed by atoms with E-state index in [1.807, 2.05) is 13.0 Å². The van der Waals surface area contributed by atoms with Gasteiger partial charge in [-0.3, -0.25) is 0 Å². The molecule has 5 nitrogen and oxygen atoms in total. The molecule has 0 amide bonds. The van der Waals surface area contributed by atoms with Crippen molar-refractivity contribution in [3.63, 3.8) is 0 Å². The monoisotopic (exact) mass is 283 g/mol. The average molecular weight is 283 g/mol. The van der Waals surface area contributed by atoms with Crippen molar-refractivity contribution in [2.24, 2.45) is 0 Å². The Hall–Kier alpha value is -1.74. The Kier molecular flexibility index (Phi) is 5.64. The summed E-state index contributed by atoms with van der Waals surface area (Å²) in [7, 11) is -3.05. The van der Waals surface area contributed by atoms with Crippen LogP contribution in [0.15, 0.2) is 18.2 Å². The Morgan fingerprint density at radius 2 is 1.95 bits per heavy atom. The molecule has 0 saturated carbocycles. The molecule has 0 heterocycles. The Morgan fingerprint density at radius 1 is 1.21 bits per heavy atom. The zero-order valence-electron chi connectivity index (χ0n) is 11.0. The molecule has 6 heteroatoms. The topological polar surface area (TPSA) is 76.4 Å². The van der Waals surface area contributed by atoms with E-state index in [0.29, 0.717) is 23.7 Å². The highest BCUT2D eigenvalue weighted by molar-refractivity contribution is 7.91. The van der Waals surface area contributed by atoms with Gasteiger partial charge in [0.25, 0.3) is 0 Å². The summed E-state index contributed by atoms with van der Waals surface area (Å²) in [5.74, 6) is 0.972. The number of hydrogen-bond acceptors (Lipinski definition) is 5. The van der Waals surface area contributed by atoms with Crippen LogP contribution in [-0.2, 0) is 9.84 Å². The maximum atomic E-state index is 11.3. The lowest BCUT2D eigenvalue weighted by Crippen LogP contribution is -2.15. The van der Waals surface area contributed by atoms with E-state index >= 15 is 0 Å². The lowest BCUT2D eigenvalue weighted by molar-refractivity contribution is 0.288. The molecule has 0 spiro atoms. The van der Waals surface area contributed by atoms with Crippen LogP contribution >= 0.6 is 0 Å². The number of sulfone groups is 1. The van der Waals surface area contributed by atoms with Crippen molar-refractivity contribution in [1.29, 1.82) is 5.26 Å². The third-order valence-corrected chi connectivity index (χ3v) is 4.13. The minimum atomic E-state index is -3.05. The second kappa shape index (κ2) is 7.00. The highest BCUT2D eigenvalue weighted by Gasteiger charge is 2.10. The van der Waals surface area contributed by atoms with Crippen molar-refractivity contribution in [3.8, 4) is 17.6 Å². The first kappa shape index (κ1) is 15.3. The third kappa shape index (κ3) is 4.79. The van der Waals surface area contributed by atoms with E-state index in [-0.39, 0.29) is 18.1 Å². The molecular formula is C13H17NO4S. The second-order valence-corrected chi connectivity index (χ2v) is 6.26. The number of benzene rings is 1. The molecule has 0 aliphatic carbocycles. The molecule has 0 bridgehead atoms. The summed E-state index contributed by atoms with van der Waals surface area (Å²) in [6.45, 7) is 3.94. The van der Waals surface area contributed by atoms with Crippen LogP contribution in [0.2, 0.25) is 0 Å². The van der Waals surface area contributed by atoms with Gasteiger partial charge in [0.15, 0.2) is 21.3 Å². The first-order chi connectivity index (χ1) is 9.02. The minimum absolute atomic E-state index is 0.0327. The molecule has 1 rings (SSSR count). The molecular weight excluding hydrogens is 266 g/mol. The van der Waals surface area contributed by atoms with E-state index in [1.165, 1.54) is 0 Å². The van der Waals surface area contributed by atoms with Gasteiger partial charge in [0.05, 0.1) is 24.0 Å². The van der Waals surface area contributed by atoms with Crippen molar-refractivity contribution >= 4 is 9.84 Å². The Morgan fingerprint density at radius 3 is 2.53 bits per heavy atom. The van der Waals surface area contributed by atoms with Crippen molar-refractivity contribution in [2.75, 3.05) is 24.7 Å². The van der Waals surface area contributed by atoms with E-state index in [4.69, 9.17) is 14.7 Å². The zero-order valence-corrected chi connectivity index (χ0v) is 11.9. The summed E-state index contributed by atoms with van der Waals surface area (Å²) in [5.41, 5.74) is 0.469. The van der Waals surface area contributed by atoms with Crippen molar-refractivity contribution in [3.05, 3.63) is 23.8 Å². The molecule has 0 radical (unpaired) electrons. The first-order valence-electron chi connectivity index (χ1n) is 6.02. The summed E-state index contributed by atoms with van der Waals surface area (Å²) in [6, 6.07) is 6.80. The number of nitrogens with zero attached hydrogens (tertiary/aromatic N) is 1. The molecule has 0 fully saturated rings. The number of ether oxygens (including phenoxy) is 2. The summed E-state index contributed by atoms with van der Waals surface area (Å²) in [4.78, 5) is 0. The maximum absolute atomic E-state index is 11.3. The third-order valence-electron chi connectivity index (χ3n) is 2.46. The number of hydrogen-bond donors (Lipinski definition) is 0. The van der Waals surface area contributed by atoms with Gasteiger partial charge >= 0.3 is 0 Å². The average Bonchev–Trinajstić information content (AvgIpc) is 2.40. The highest BCUT2D eigenvalue weighted by Crippen LogP contribution is 2.28. The molecule has 0 saturated heterocycles. The second-order valence-electron chi connectivity index (χ2n) is 3.79. The van der Waals surface area contributed by atoms with Crippen LogP contribution in [0.3, 0.4) is 0 Å². The first-order valence-corrected chi connectivity index (χ1v) is 7.84. The highest BCUT2D eigenvalue weighted by atomic mass is 32.2. The minimum Gasteiger partial charge on any atom is -0.490 e. The van der Waals surface area contributed by atoms with Gasteiger partial charge in [-0.1, -0.05) is 6.92 Å². The summed E-state index contributed by atoms with van der Waals surface area (Å²) in [6.07, 6.45) is 0. The van der Waals surface area contributed by atoms with Crippen molar-refractivity contribution in [1.82, 2.24) is 0 Å². The quantitative estimate of drug-likeness (QED) is 0.762. The van der Waals surface area contributed by atoms with Crippen LogP contribution in [0.5, 0.6) is 11.5 Å². The van der Waals surface area contributed by atoms with Gasteiger partial charge in [0.2, 0.25) is 0 Å². The van der Waals surface area contributed by atoms with Crippen LogP contribution in [0.1, 0.15) is 19.4 Å². The SMILES string of the molecule is CCOc1cc(C#N)ccc1OCCS(=O)(=O)CC. The molecule has 0 aromatic heterocycles. The zero-order chi connectivity index (χ0) is 14.3. The van der Waals surface area contributed by atoms with Crippen LogP contribution < -0.4 is 9.47 Å². The summed E-state index contributed by atoms with van der Waals surface area (Å²) < 4.78 is 33.5. The molecule has 0 N–H and O–H groups in total. The lowest BCUT2D eigenvalue weighted by atomic mass is 10.2. The molecule has 0 aliphatic heterocycles. The molecule has 1 aromatic carbocycles. The smallest absolute Gasteiger partial charge is 0.162 e. The fourth-order valence-electron chi connectivity index (χ4n) is 1.39. The van der Waals surface area contributed by atoms with Crippen LogP contribution in [-0.4, -0.2) is 33.1 Å². The molecule has 1 aromatic rings. The molecule has 0 unspecified atom stereocenters. The van der Waals surface area contributed by atoms with Gasteiger partial charge in [-0.15, -0.1) is 0 Å². The van der Waals surface area contributed by atoms with E-state index in [2.05, 4.69) is 0 Å². The van der Waals surface area contributed by atoms with E-state index < -0.39 is 9.84 Å². The van der Waals surface area contributed by atoms with E-state index in [9.17, 15) is 8.42 Å². The van der Waals surface area contributed by atoms with Gasteiger partial charge in [-0.25, -0.2) is 8.42 Å². The molecule has 0 aliphatic rings.